The molecule has 0 aliphatic carbocycles. The molecule has 2 heterocycles. The van der Waals surface area contributed by atoms with Crippen LogP contribution in [0.5, 0.6) is 5.75 Å². The third-order valence-corrected chi connectivity index (χ3v) is 4.75. The lowest BCUT2D eigenvalue weighted by Gasteiger charge is -2.06. The van der Waals surface area contributed by atoms with Crippen LogP contribution < -0.4 is 10.3 Å². The minimum atomic E-state index is -0.425. The quantitative estimate of drug-likeness (QED) is 0.419. The van der Waals surface area contributed by atoms with Crippen LogP contribution in [-0.4, -0.2) is 16.6 Å². The molecule has 1 N–H and O–H groups in total. The number of nitrogens with one attached hydrogen (secondary N) is 1. The second-order valence-electron chi connectivity index (χ2n) is 6.76. The Morgan fingerprint density at radius 2 is 1.87 bits per heavy atom. The molecule has 6 heteroatoms. The van der Waals surface area contributed by atoms with Gasteiger partial charge in [-0.2, -0.15) is 0 Å². The number of nitrogens with zero attached hydrogens (tertiary/aromatic N) is 2. The first-order valence-electron chi connectivity index (χ1n) is 9.66. The van der Waals surface area contributed by atoms with Gasteiger partial charge in [0.15, 0.2) is 0 Å². The van der Waals surface area contributed by atoms with Gasteiger partial charge in [0, 0.05) is 11.5 Å². The molecule has 3 aromatic carbocycles. The number of halogens is 1. The number of rotatable bonds is 4. The summed E-state index contributed by atoms with van der Waals surface area (Å²) in [5.41, 5.74) is 3.42. The number of ether oxygens (including phenoxy) is 1. The van der Waals surface area contributed by atoms with E-state index in [0.29, 0.717) is 29.3 Å². The van der Waals surface area contributed by atoms with Crippen molar-refractivity contribution in [3.8, 4) is 17.1 Å². The molecule has 2 aromatic heterocycles. The highest BCUT2D eigenvalue weighted by Crippen LogP contribution is 2.26. The molecule has 0 bridgehead atoms. The molecular formula is C24H18FN3O2. The number of aromatic amines is 1. The minimum Gasteiger partial charge on any atom is -0.494 e. The Morgan fingerprint density at radius 1 is 1.03 bits per heavy atom. The topological polar surface area (TPSA) is 63.4 Å². The van der Waals surface area contributed by atoms with E-state index in [9.17, 15) is 4.39 Å². The number of imidazole rings is 1. The first-order valence-corrected chi connectivity index (χ1v) is 9.66. The summed E-state index contributed by atoms with van der Waals surface area (Å²) in [5.74, 6) is 0.874. The van der Waals surface area contributed by atoms with E-state index in [-0.39, 0.29) is 11.2 Å². The lowest BCUT2D eigenvalue weighted by molar-refractivity contribution is 0.340. The van der Waals surface area contributed by atoms with Crippen LogP contribution in [0.2, 0.25) is 0 Å². The second-order valence-corrected chi connectivity index (χ2v) is 6.76. The normalized spacial score (nSPS) is 12.0. The summed E-state index contributed by atoms with van der Waals surface area (Å²) in [4.78, 5) is 12.4. The van der Waals surface area contributed by atoms with Crippen molar-refractivity contribution in [2.45, 2.75) is 6.92 Å². The van der Waals surface area contributed by atoms with E-state index in [4.69, 9.17) is 9.15 Å². The maximum Gasteiger partial charge on any atom is 0.230 e. The van der Waals surface area contributed by atoms with Gasteiger partial charge in [0.2, 0.25) is 5.55 Å². The van der Waals surface area contributed by atoms with E-state index in [1.54, 1.807) is 18.2 Å². The summed E-state index contributed by atoms with van der Waals surface area (Å²) in [7, 11) is 0. The molecule has 0 fully saturated rings. The summed E-state index contributed by atoms with van der Waals surface area (Å²) in [6.45, 7) is 2.47. The number of benzene rings is 3. The number of hydrogen-bond acceptors (Lipinski definition) is 4. The third kappa shape index (κ3) is 3.33. The second kappa shape index (κ2) is 7.48. The number of aromatic nitrogens is 2. The van der Waals surface area contributed by atoms with E-state index in [1.807, 2.05) is 55.5 Å². The van der Waals surface area contributed by atoms with Crippen molar-refractivity contribution in [3.63, 3.8) is 0 Å². The fraction of sp³-hybridized carbons (Fsp3) is 0.0833. The summed E-state index contributed by atoms with van der Waals surface area (Å²) in [5, 5.41) is 0.862. The molecule has 0 saturated heterocycles. The van der Waals surface area contributed by atoms with E-state index in [0.717, 1.165) is 16.4 Å². The van der Waals surface area contributed by atoms with Crippen LogP contribution >= 0.6 is 0 Å². The molecule has 0 atom stereocenters. The van der Waals surface area contributed by atoms with Gasteiger partial charge in [0.05, 0.1) is 23.2 Å². The Morgan fingerprint density at radius 3 is 2.70 bits per heavy atom. The summed E-state index contributed by atoms with van der Waals surface area (Å²) in [6.07, 6.45) is 0. The molecule has 0 aliphatic rings. The highest BCUT2D eigenvalue weighted by Gasteiger charge is 2.13. The van der Waals surface area contributed by atoms with Crippen LogP contribution in [0.1, 0.15) is 6.92 Å². The van der Waals surface area contributed by atoms with E-state index < -0.39 is 5.82 Å². The van der Waals surface area contributed by atoms with Gasteiger partial charge in [-0.1, -0.05) is 24.3 Å². The molecule has 0 radical (unpaired) electrons. The molecule has 0 aliphatic heterocycles. The van der Waals surface area contributed by atoms with Crippen LogP contribution in [0, 0.1) is 5.82 Å². The van der Waals surface area contributed by atoms with Crippen molar-refractivity contribution in [2.75, 3.05) is 6.61 Å². The van der Waals surface area contributed by atoms with Crippen molar-refractivity contribution in [3.05, 3.63) is 84.2 Å². The van der Waals surface area contributed by atoms with Crippen molar-refractivity contribution in [1.29, 1.82) is 0 Å². The van der Waals surface area contributed by atoms with Gasteiger partial charge >= 0.3 is 0 Å². The monoisotopic (exact) mass is 399 g/mol. The van der Waals surface area contributed by atoms with Crippen LogP contribution in [0.4, 0.5) is 10.1 Å². The van der Waals surface area contributed by atoms with Crippen LogP contribution in [0.15, 0.2) is 82.2 Å². The summed E-state index contributed by atoms with van der Waals surface area (Å²) < 4.78 is 26.0. The van der Waals surface area contributed by atoms with Crippen molar-refractivity contribution >= 4 is 27.7 Å². The smallest absolute Gasteiger partial charge is 0.230 e. The van der Waals surface area contributed by atoms with Gasteiger partial charge in [-0.05, 0) is 49.4 Å². The Bertz CT molecular complexity index is 1400. The average molecular weight is 399 g/mol. The Labute approximate surface area is 171 Å². The SMILES string of the molecule is CCOc1ccc2cc(-c3nc4ccccc4[nH]3)c(=Nc3ccccc3F)oc2c1. The summed E-state index contributed by atoms with van der Waals surface area (Å²) >= 11 is 0. The molecule has 0 unspecified atom stereocenters. The Hall–Kier alpha value is -3.93. The maximum atomic E-state index is 14.3. The standard InChI is InChI=1S/C24H18FN3O2/c1-2-29-16-12-11-15-13-17(23-26-20-9-5-6-10-21(20)27-23)24(30-22(15)14-16)28-19-8-4-3-7-18(19)25/h3-14H,2H2,1H3,(H,26,27). The van der Waals surface area contributed by atoms with Crippen molar-refractivity contribution < 1.29 is 13.5 Å². The van der Waals surface area contributed by atoms with Gasteiger partial charge < -0.3 is 14.1 Å². The van der Waals surface area contributed by atoms with Gasteiger partial charge in [0.1, 0.15) is 28.7 Å². The zero-order valence-corrected chi connectivity index (χ0v) is 16.2. The molecule has 5 nitrogen and oxygen atoms in total. The van der Waals surface area contributed by atoms with Gasteiger partial charge in [-0.3, -0.25) is 0 Å². The van der Waals surface area contributed by atoms with Gasteiger partial charge in [-0.25, -0.2) is 14.4 Å². The molecular weight excluding hydrogens is 381 g/mol. The predicted molar refractivity (Wildman–Crippen MR) is 114 cm³/mol. The summed E-state index contributed by atoms with van der Waals surface area (Å²) in [6, 6.07) is 21.6. The largest absolute Gasteiger partial charge is 0.494 e. The van der Waals surface area contributed by atoms with Crippen molar-refractivity contribution in [2.24, 2.45) is 4.99 Å². The van der Waals surface area contributed by atoms with Gasteiger partial charge in [-0.15, -0.1) is 0 Å². The first kappa shape index (κ1) is 18.1. The Balaban J connectivity index is 1.79. The lowest BCUT2D eigenvalue weighted by atomic mass is 10.1. The van der Waals surface area contributed by atoms with E-state index in [2.05, 4.69) is 15.0 Å². The first-order chi connectivity index (χ1) is 14.7. The molecule has 30 heavy (non-hydrogen) atoms. The number of hydrogen-bond donors (Lipinski definition) is 1. The van der Waals surface area contributed by atoms with Crippen LogP contribution in [-0.2, 0) is 0 Å². The van der Waals surface area contributed by atoms with Crippen LogP contribution in [0.25, 0.3) is 33.4 Å². The molecule has 0 saturated carbocycles. The third-order valence-electron chi connectivity index (χ3n) is 4.75. The fourth-order valence-corrected chi connectivity index (χ4v) is 3.34. The molecule has 5 rings (SSSR count). The predicted octanol–water partition coefficient (Wildman–Crippen LogP) is 5.75. The number of para-hydroxylation sites is 3. The molecule has 0 spiro atoms. The molecule has 148 valence electrons. The maximum absolute atomic E-state index is 14.3. The molecule has 5 aromatic rings. The Kier molecular flexibility index (Phi) is 4.52. The minimum absolute atomic E-state index is 0.193. The zero-order chi connectivity index (χ0) is 20.5. The van der Waals surface area contributed by atoms with E-state index in [1.165, 1.54) is 6.07 Å². The lowest BCUT2D eigenvalue weighted by Crippen LogP contribution is -2.07. The fourth-order valence-electron chi connectivity index (χ4n) is 3.34. The number of H-pyrrole nitrogens is 1. The van der Waals surface area contributed by atoms with Crippen molar-refractivity contribution in [1.82, 2.24) is 9.97 Å². The molecule has 0 amide bonds. The van der Waals surface area contributed by atoms with Crippen LogP contribution in [0.3, 0.4) is 0 Å². The highest BCUT2D eigenvalue weighted by atomic mass is 19.1. The number of fused-ring (bicyclic) bond motifs is 2. The zero-order valence-electron chi connectivity index (χ0n) is 16.2. The van der Waals surface area contributed by atoms with E-state index >= 15 is 0 Å². The van der Waals surface area contributed by atoms with Gasteiger partial charge in [0.25, 0.3) is 0 Å². The average Bonchev–Trinajstić information content (AvgIpc) is 3.19. The highest BCUT2D eigenvalue weighted by molar-refractivity contribution is 5.84.